The molecule has 3 saturated heterocycles. The molecule has 0 aliphatic carbocycles. The fourth-order valence-corrected chi connectivity index (χ4v) is 1.05. The summed E-state index contributed by atoms with van der Waals surface area (Å²) in [6.45, 7) is 2.63. The van der Waals surface area contributed by atoms with Crippen molar-refractivity contribution < 1.29 is 19.3 Å². The molecular weight excluding hydrogens is 136 g/mol. The molecule has 0 aromatic rings. The van der Waals surface area contributed by atoms with Crippen molar-refractivity contribution in [3.63, 3.8) is 0 Å². The minimum atomic E-state index is -0.905. The molecule has 0 spiro atoms. The SMILES string of the molecule is CC12OCC(O)(CO1)CO2. The lowest BCUT2D eigenvalue weighted by Gasteiger charge is -2.47. The van der Waals surface area contributed by atoms with Gasteiger partial charge in [0.25, 0.3) is 5.97 Å². The molecule has 4 nitrogen and oxygen atoms in total. The first-order valence-corrected chi connectivity index (χ1v) is 3.26. The van der Waals surface area contributed by atoms with Gasteiger partial charge in [0.1, 0.15) is 5.60 Å². The summed E-state index contributed by atoms with van der Waals surface area (Å²) in [5.41, 5.74) is -0.905. The lowest BCUT2D eigenvalue weighted by Crippen LogP contribution is -2.62. The molecule has 3 rings (SSSR count). The number of ether oxygens (including phenoxy) is 3. The third kappa shape index (κ3) is 0.845. The van der Waals surface area contributed by atoms with Gasteiger partial charge < -0.3 is 19.3 Å². The molecule has 3 heterocycles. The molecular formula is C6H10O4. The van der Waals surface area contributed by atoms with Crippen molar-refractivity contribution in [3.05, 3.63) is 0 Å². The largest absolute Gasteiger partial charge is 0.383 e. The van der Waals surface area contributed by atoms with E-state index in [0.29, 0.717) is 19.8 Å². The lowest BCUT2D eigenvalue weighted by molar-refractivity contribution is -0.466. The molecule has 3 fully saturated rings. The Kier molecular flexibility index (Phi) is 1.12. The first-order chi connectivity index (χ1) is 4.62. The van der Waals surface area contributed by atoms with Crippen molar-refractivity contribution in [2.45, 2.75) is 18.5 Å². The second-order valence-electron chi connectivity index (χ2n) is 2.95. The number of aliphatic hydroxyl groups is 1. The van der Waals surface area contributed by atoms with Gasteiger partial charge in [-0.05, 0) is 0 Å². The molecule has 3 aliphatic heterocycles. The molecule has 0 radical (unpaired) electrons. The van der Waals surface area contributed by atoms with Gasteiger partial charge in [0.15, 0.2) is 0 Å². The molecule has 1 N–H and O–H groups in total. The average Bonchev–Trinajstić information content (AvgIpc) is 1.93. The highest BCUT2D eigenvalue weighted by Crippen LogP contribution is 2.31. The van der Waals surface area contributed by atoms with Gasteiger partial charge >= 0.3 is 0 Å². The van der Waals surface area contributed by atoms with Gasteiger partial charge in [-0.25, -0.2) is 0 Å². The highest BCUT2D eigenvalue weighted by atomic mass is 16.9. The Morgan fingerprint density at radius 2 is 1.50 bits per heavy atom. The Labute approximate surface area is 58.7 Å². The summed E-state index contributed by atoms with van der Waals surface area (Å²) in [5, 5.41) is 9.46. The first-order valence-electron chi connectivity index (χ1n) is 3.26. The standard InChI is InChI=1S/C6H10O4/c1-5-8-2-6(7,3-9-5)4-10-5/h7H,2-4H2,1H3. The monoisotopic (exact) mass is 146 g/mol. The summed E-state index contributed by atoms with van der Waals surface area (Å²) in [6.07, 6.45) is 0. The zero-order valence-corrected chi connectivity index (χ0v) is 5.79. The van der Waals surface area contributed by atoms with E-state index < -0.39 is 11.6 Å². The molecule has 0 atom stereocenters. The van der Waals surface area contributed by atoms with Crippen LogP contribution in [0.5, 0.6) is 0 Å². The zero-order chi connectivity index (χ0) is 7.24. The average molecular weight is 146 g/mol. The van der Waals surface area contributed by atoms with E-state index in [1.54, 1.807) is 6.92 Å². The van der Waals surface area contributed by atoms with E-state index in [9.17, 15) is 5.11 Å². The smallest absolute Gasteiger partial charge is 0.280 e. The van der Waals surface area contributed by atoms with Crippen LogP contribution in [0.1, 0.15) is 6.92 Å². The summed E-state index contributed by atoms with van der Waals surface area (Å²) in [4.78, 5) is 0. The topological polar surface area (TPSA) is 47.9 Å². The number of hydrogen-bond donors (Lipinski definition) is 1. The molecule has 10 heavy (non-hydrogen) atoms. The second kappa shape index (κ2) is 1.71. The van der Waals surface area contributed by atoms with Gasteiger partial charge in [0.2, 0.25) is 0 Å². The molecule has 0 amide bonds. The maximum absolute atomic E-state index is 9.46. The summed E-state index contributed by atoms with van der Waals surface area (Å²) >= 11 is 0. The van der Waals surface area contributed by atoms with Crippen LogP contribution in [-0.2, 0) is 14.2 Å². The predicted octanol–water partition coefficient (Wildman–Crippen LogP) is -0.532. The normalized spacial score (nSPS) is 53.4. The third-order valence-corrected chi connectivity index (χ3v) is 1.81. The van der Waals surface area contributed by atoms with E-state index in [-0.39, 0.29) is 0 Å². The molecule has 4 heteroatoms. The minimum Gasteiger partial charge on any atom is -0.383 e. The van der Waals surface area contributed by atoms with Crippen molar-refractivity contribution in [1.29, 1.82) is 0 Å². The maximum Gasteiger partial charge on any atom is 0.280 e. The van der Waals surface area contributed by atoms with Crippen LogP contribution in [0.3, 0.4) is 0 Å². The van der Waals surface area contributed by atoms with Crippen molar-refractivity contribution in [1.82, 2.24) is 0 Å². The van der Waals surface area contributed by atoms with Crippen LogP contribution in [0.15, 0.2) is 0 Å². The fourth-order valence-electron chi connectivity index (χ4n) is 1.05. The predicted molar refractivity (Wildman–Crippen MR) is 31.2 cm³/mol. The second-order valence-corrected chi connectivity index (χ2v) is 2.95. The number of hydrogen-bond acceptors (Lipinski definition) is 4. The molecule has 58 valence electrons. The van der Waals surface area contributed by atoms with Crippen LogP contribution in [-0.4, -0.2) is 36.5 Å². The number of fused-ring (bicyclic) bond motifs is 3. The summed E-state index contributed by atoms with van der Waals surface area (Å²) in [5.74, 6) is -0.898. The van der Waals surface area contributed by atoms with Crippen LogP contribution in [0.2, 0.25) is 0 Å². The molecule has 0 saturated carbocycles. The van der Waals surface area contributed by atoms with Crippen LogP contribution in [0.4, 0.5) is 0 Å². The van der Waals surface area contributed by atoms with Crippen LogP contribution < -0.4 is 0 Å². The fraction of sp³-hybridized carbons (Fsp3) is 1.00. The Morgan fingerprint density at radius 3 is 1.80 bits per heavy atom. The molecule has 0 unspecified atom stereocenters. The Bertz CT molecular complexity index is 113. The highest BCUT2D eigenvalue weighted by molar-refractivity contribution is 4.86. The van der Waals surface area contributed by atoms with Crippen molar-refractivity contribution in [2.75, 3.05) is 19.8 Å². The Morgan fingerprint density at radius 1 is 1.10 bits per heavy atom. The van der Waals surface area contributed by atoms with Crippen LogP contribution in [0.25, 0.3) is 0 Å². The number of rotatable bonds is 0. The van der Waals surface area contributed by atoms with Gasteiger partial charge in [-0.15, -0.1) is 0 Å². The summed E-state index contributed by atoms with van der Waals surface area (Å²) < 4.78 is 15.2. The van der Waals surface area contributed by atoms with Gasteiger partial charge in [0.05, 0.1) is 19.8 Å². The van der Waals surface area contributed by atoms with Gasteiger partial charge in [-0.3, -0.25) is 0 Å². The Hall–Kier alpha value is -0.160. The van der Waals surface area contributed by atoms with E-state index >= 15 is 0 Å². The van der Waals surface area contributed by atoms with E-state index in [0.717, 1.165) is 0 Å². The van der Waals surface area contributed by atoms with E-state index in [1.165, 1.54) is 0 Å². The lowest BCUT2D eigenvalue weighted by atomic mass is 10.1. The highest BCUT2D eigenvalue weighted by Gasteiger charge is 2.48. The van der Waals surface area contributed by atoms with Crippen molar-refractivity contribution in [2.24, 2.45) is 0 Å². The maximum atomic E-state index is 9.46. The van der Waals surface area contributed by atoms with Crippen molar-refractivity contribution >= 4 is 0 Å². The zero-order valence-electron chi connectivity index (χ0n) is 5.79. The van der Waals surface area contributed by atoms with Crippen LogP contribution >= 0.6 is 0 Å². The first kappa shape index (κ1) is 6.54. The third-order valence-electron chi connectivity index (χ3n) is 1.81. The van der Waals surface area contributed by atoms with Crippen molar-refractivity contribution in [3.8, 4) is 0 Å². The summed E-state index contributed by atoms with van der Waals surface area (Å²) in [7, 11) is 0. The van der Waals surface area contributed by atoms with E-state index in [4.69, 9.17) is 14.2 Å². The minimum absolute atomic E-state index is 0.309. The van der Waals surface area contributed by atoms with Gasteiger partial charge in [-0.2, -0.15) is 0 Å². The van der Waals surface area contributed by atoms with Gasteiger partial charge in [0, 0.05) is 6.92 Å². The summed E-state index contributed by atoms with van der Waals surface area (Å²) in [6, 6.07) is 0. The quantitative estimate of drug-likeness (QED) is 0.499. The Balaban J connectivity index is 2.16. The van der Waals surface area contributed by atoms with Gasteiger partial charge in [-0.1, -0.05) is 0 Å². The van der Waals surface area contributed by atoms with E-state index in [1.807, 2.05) is 0 Å². The van der Waals surface area contributed by atoms with Crippen LogP contribution in [0, 0.1) is 0 Å². The molecule has 2 bridgehead atoms. The van der Waals surface area contributed by atoms with E-state index in [2.05, 4.69) is 0 Å². The molecule has 0 aromatic carbocycles. The molecule has 3 aliphatic rings. The molecule has 0 aromatic heterocycles.